The van der Waals surface area contributed by atoms with Crippen molar-refractivity contribution in [2.75, 3.05) is 11.9 Å². The Labute approximate surface area is 140 Å². The summed E-state index contributed by atoms with van der Waals surface area (Å²) in [5.41, 5.74) is 0.765. The fourth-order valence-corrected chi connectivity index (χ4v) is 2.64. The Morgan fingerprint density at radius 1 is 1.25 bits per heavy atom. The van der Waals surface area contributed by atoms with Gasteiger partial charge in [0.25, 0.3) is 5.91 Å². The molecule has 3 rings (SSSR count). The zero-order valence-corrected chi connectivity index (χ0v) is 13.1. The lowest BCUT2D eigenvalue weighted by Gasteiger charge is -2.05. The number of halogens is 1. The van der Waals surface area contributed by atoms with E-state index in [4.69, 9.17) is 4.42 Å². The molecule has 0 aliphatic carbocycles. The quantitative estimate of drug-likeness (QED) is 0.745. The fourth-order valence-electron chi connectivity index (χ4n) is 1.92. The van der Waals surface area contributed by atoms with Crippen molar-refractivity contribution in [3.63, 3.8) is 0 Å². The van der Waals surface area contributed by atoms with Crippen LogP contribution in [0.25, 0.3) is 11.5 Å². The molecule has 122 valence electrons. The Balaban J connectivity index is 1.53. The van der Waals surface area contributed by atoms with Gasteiger partial charge in [0, 0.05) is 10.9 Å². The van der Waals surface area contributed by atoms with Crippen LogP contribution < -0.4 is 10.6 Å². The number of amides is 2. The van der Waals surface area contributed by atoms with Crippen molar-refractivity contribution >= 4 is 28.3 Å². The molecule has 2 heterocycles. The summed E-state index contributed by atoms with van der Waals surface area (Å²) in [6.07, 6.45) is 1.54. The third-order valence-electron chi connectivity index (χ3n) is 3.02. The van der Waals surface area contributed by atoms with Crippen LogP contribution in [0, 0.1) is 5.82 Å². The van der Waals surface area contributed by atoms with Gasteiger partial charge >= 0.3 is 0 Å². The van der Waals surface area contributed by atoms with E-state index < -0.39 is 17.6 Å². The topological polar surface area (TPSA) is 84.2 Å². The highest BCUT2D eigenvalue weighted by molar-refractivity contribution is 7.14. The molecule has 0 spiro atoms. The minimum atomic E-state index is -0.528. The maximum Gasteiger partial charge on any atom is 0.251 e. The van der Waals surface area contributed by atoms with Crippen LogP contribution in [0.1, 0.15) is 10.4 Å². The van der Waals surface area contributed by atoms with Crippen molar-refractivity contribution in [1.82, 2.24) is 10.3 Å². The van der Waals surface area contributed by atoms with Crippen LogP contribution in [0.3, 0.4) is 0 Å². The number of nitrogens with one attached hydrogen (secondary N) is 2. The van der Waals surface area contributed by atoms with Gasteiger partial charge in [0.2, 0.25) is 5.91 Å². The monoisotopic (exact) mass is 345 g/mol. The van der Waals surface area contributed by atoms with Gasteiger partial charge in [-0.1, -0.05) is 6.07 Å². The molecule has 2 amide bonds. The lowest BCUT2D eigenvalue weighted by Crippen LogP contribution is -2.32. The molecule has 0 fully saturated rings. The van der Waals surface area contributed by atoms with Crippen LogP contribution >= 0.6 is 11.3 Å². The van der Waals surface area contributed by atoms with Crippen molar-refractivity contribution in [2.45, 2.75) is 0 Å². The molecule has 24 heavy (non-hydrogen) atoms. The second kappa shape index (κ2) is 7.05. The molecule has 0 radical (unpaired) electrons. The number of carbonyl (C=O) groups excluding carboxylic acids is 2. The SMILES string of the molecule is O=C(CNC(=O)c1cccc(F)c1)Nc1nc(-c2ccco2)cs1. The number of nitrogens with zero attached hydrogens (tertiary/aromatic N) is 1. The zero-order chi connectivity index (χ0) is 16.9. The highest BCUT2D eigenvalue weighted by Crippen LogP contribution is 2.24. The van der Waals surface area contributed by atoms with E-state index in [0.29, 0.717) is 16.6 Å². The van der Waals surface area contributed by atoms with Crippen LogP contribution in [0.15, 0.2) is 52.5 Å². The van der Waals surface area contributed by atoms with E-state index in [1.807, 2.05) is 0 Å². The number of aromatic nitrogens is 1. The Bertz CT molecular complexity index is 861. The third kappa shape index (κ3) is 3.85. The largest absolute Gasteiger partial charge is 0.463 e. The summed E-state index contributed by atoms with van der Waals surface area (Å²) in [4.78, 5) is 27.9. The number of furan rings is 1. The second-order valence-corrected chi connectivity index (χ2v) is 5.61. The first-order valence-electron chi connectivity index (χ1n) is 6.95. The fraction of sp³-hybridized carbons (Fsp3) is 0.0625. The van der Waals surface area contributed by atoms with Gasteiger partial charge < -0.3 is 15.1 Å². The van der Waals surface area contributed by atoms with Gasteiger partial charge in [0.05, 0.1) is 12.8 Å². The van der Waals surface area contributed by atoms with E-state index >= 15 is 0 Å². The summed E-state index contributed by atoms with van der Waals surface area (Å²) in [6.45, 7) is -0.245. The highest BCUT2D eigenvalue weighted by atomic mass is 32.1. The van der Waals surface area contributed by atoms with Crippen molar-refractivity contribution in [1.29, 1.82) is 0 Å². The van der Waals surface area contributed by atoms with Gasteiger partial charge in [-0.15, -0.1) is 11.3 Å². The minimum absolute atomic E-state index is 0.150. The molecule has 2 N–H and O–H groups in total. The number of thiazole rings is 1. The summed E-state index contributed by atoms with van der Waals surface area (Å²) < 4.78 is 18.3. The number of hydrogen-bond donors (Lipinski definition) is 2. The average Bonchev–Trinajstić information content (AvgIpc) is 3.23. The van der Waals surface area contributed by atoms with Crippen LogP contribution in [0.4, 0.5) is 9.52 Å². The molecular weight excluding hydrogens is 333 g/mol. The molecule has 1 aromatic carbocycles. The summed E-state index contributed by atoms with van der Waals surface area (Å²) in [6, 6.07) is 8.74. The number of anilines is 1. The molecule has 0 aliphatic heterocycles. The van der Waals surface area contributed by atoms with E-state index in [2.05, 4.69) is 15.6 Å². The summed E-state index contributed by atoms with van der Waals surface area (Å²) in [5.74, 6) is -0.869. The van der Waals surface area contributed by atoms with E-state index in [0.717, 1.165) is 6.07 Å². The minimum Gasteiger partial charge on any atom is -0.463 e. The van der Waals surface area contributed by atoms with Crippen LogP contribution in [-0.4, -0.2) is 23.3 Å². The molecule has 0 unspecified atom stereocenters. The third-order valence-corrected chi connectivity index (χ3v) is 3.78. The van der Waals surface area contributed by atoms with Gasteiger partial charge in [-0.2, -0.15) is 0 Å². The Morgan fingerprint density at radius 2 is 2.12 bits per heavy atom. The predicted molar refractivity (Wildman–Crippen MR) is 87.2 cm³/mol. The number of carbonyl (C=O) groups is 2. The van der Waals surface area contributed by atoms with Crippen molar-refractivity contribution in [3.05, 3.63) is 59.4 Å². The van der Waals surface area contributed by atoms with E-state index in [1.54, 1.807) is 17.5 Å². The van der Waals surface area contributed by atoms with E-state index in [9.17, 15) is 14.0 Å². The molecular formula is C16H12FN3O3S. The lowest BCUT2D eigenvalue weighted by molar-refractivity contribution is -0.115. The van der Waals surface area contributed by atoms with Gasteiger partial charge in [-0.05, 0) is 30.3 Å². The van der Waals surface area contributed by atoms with Crippen LogP contribution in [-0.2, 0) is 4.79 Å². The molecule has 0 saturated carbocycles. The average molecular weight is 345 g/mol. The lowest BCUT2D eigenvalue weighted by atomic mass is 10.2. The molecule has 0 aliphatic rings. The van der Waals surface area contributed by atoms with Crippen LogP contribution in [0.2, 0.25) is 0 Å². The first kappa shape index (κ1) is 15.9. The van der Waals surface area contributed by atoms with E-state index in [1.165, 1.54) is 35.8 Å². The van der Waals surface area contributed by atoms with Crippen LogP contribution in [0.5, 0.6) is 0 Å². The Morgan fingerprint density at radius 3 is 2.88 bits per heavy atom. The molecule has 0 atom stereocenters. The molecule has 0 saturated heterocycles. The Kier molecular flexibility index (Phi) is 4.66. The molecule has 0 bridgehead atoms. The number of hydrogen-bond acceptors (Lipinski definition) is 5. The van der Waals surface area contributed by atoms with Gasteiger partial charge in [-0.25, -0.2) is 9.37 Å². The zero-order valence-electron chi connectivity index (χ0n) is 12.3. The van der Waals surface area contributed by atoms with Crippen molar-refractivity contribution in [2.24, 2.45) is 0 Å². The standard InChI is InChI=1S/C16H12FN3O3S/c17-11-4-1-3-10(7-11)15(22)18-8-14(21)20-16-19-12(9-24-16)13-5-2-6-23-13/h1-7,9H,8H2,(H,18,22)(H,19,20,21). The first-order valence-corrected chi connectivity index (χ1v) is 7.83. The molecule has 2 aromatic heterocycles. The Hall–Kier alpha value is -3.00. The van der Waals surface area contributed by atoms with Crippen molar-refractivity contribution < 1.29 is 18.4 Å². The summed E-state index contributed by atoms with van der Waals surface area (Å²) in [7, 11) is 0. The summed E-state index contributed by atoms with van der Waals surface area (Å²) >= 11 is 1.24. The highest BCUT2D eigenvalue weighted by Gasteiger charge is 2.11. The van der Waals surface area contributed by atoms with Gasteiger partial charge in [0.1, 0.15) is 11.5 Å². The molecule has 3 aromatic rings. The smallest absolute Gasteiger partial charge is 0.251 e. The van der Waals surface area contributed by atoms with Crippen molar-refractivity contribution in [3.8, 4) is 11.5 Å². The normalized spacial score (nSPS) is 10.4. The van der Waals surface area contributed by atoms with E-state index in [-0.39, 0.29) is 12.1 Å². The molecule has 8 heteroatoms. The predicted octanol–water partition coefficient (Wildman–Crippen LogP) is 2.91. The number of benzene rings is 1. The maximum atomic E-state index is 13.1. The second-order valence-electron chi connectivity index (χ2n) is 4.76. The maximum absolute atomic E-state index is 13.1. The van der Waals surface area contributed by atoms with Gasteiger partial charge in [0.15, 0.2) is 10.9 Å². The first-order chi connectivity index (χ1) is 11.6. The summed E-state index contributed by atoms with van der Waals surface area (Å²) in [5, 5.41) is 7.15. The molecule has 6 nitrogen and oxygen atoms in total. The van der Waals surface area contributed by atoms with Gasteiger partial charge in [-0.3, -0.25) is 9.59 Å². The number of rotatable bonds is 5.